The summed E-state index contributed by atoms with van der Waals surface area (Å²) in [7, 11) is 1.51. The molecule has 0 unspecified atom stereocenters. The molecule has 1 aromatic carbocycles. The van der Waals surface area contributed by atoms with Crippen molar-refractivity contribution in [3.05, 3.63) is 39.4 Å². The van der Waals surface area contributed by atoms with Crippen molar-refractivity contribution >= 4 is 23.4 Å². The van der Waals surface area contributed by atoms with Crippen LogP contribution in [-0.4, -0.2) is 51.6 Å². The molecule has 27 heavy (non-hydrogen) atoms. The summed E-state index contributed by atoms with van der Waals surface area (Å²) in [6, 6.07) is 5.64. The van der Waals surface area contributed by atoms with Crippen LogP contribution < -0.4 is 0 Å². The number of imide groups is 1. The zero-order valence-electron chi connectivity index (χ0n) is 14.8. The quantitative estimate of drug-likeness (QED) is 0.453. The van der Waals surface area contributed by atoms with Crippen molar-refractivity contribution in [3.8, 4) is 6.07 Å². The third kappa shape index (κ3) is 3.03. The smallest absolute Gasteiger partial charge is 0.270 e. The highest BCUT2D eigenvalue weighted by Crippen LogP contribution is 2.33. The Morgan fingerprint density at radius 2 is 1.89 bits per heavy atom. The zero-order valence-corrected chi connectivity index (χ0v) is 14.8. The molecule has 0 radical (unpaired) electrons. The van der Waals surface area contributed by atoms with Crippen LogP contribution in [0.2, 0.25) is 0 Å². The number of nitro benzene ring substituents is 1. The maximum absolute atomic E-state index is 12.7. The molecule has 1 aromatic rings. The second-order valence-corrected chi connectivity index (χ2v) is 6.84. The molecule has 9 nitrogen and oxygen atoms in total. The minimum absolute atomic E-state index is 0.0358. The lowest BCUT2D eigenvalue weighted by atomic mass is 9.81. The molecule has 0 aromatic heterocycles. The van der Waals surface area contributed by atoms with Crippen molar-refractivity contribution in [1.29, 1.82) is 5.26 Å². The molecular weight excluding hydrogens is 352 g/mol. The maximum atomic E-state index is 12.7. The van der Waals surface area contributed by atoms with Gasteiger partial charge in [-0.05, 0) is 18.9 Å². The number of carbonyl (C=O) groups is 3. The minimum atomic E-state index is -0.924. The third-order valence-corrected chi connectivity index (χ3v) is 5.36. The lowest BCUT2D eigenvalue weighted by molar-refractivity contribution is -0.384. The number of likely N-dealkylation sites (N-methyl/N-ethyl adjacent to an activating group) is 1. The molecule has 1 aliphatic heterocycles. The number of nitro groups is 1. The van der Waals surface area contributed by atoms with Gasteiger partial charge in [0, 0.05) is 19.2 Å². The number of hydrogen-bond donors (Lipinski definition) is 0. The summed E-state index contributed by atoms with van der Waals surface area (Å²) in [5, 5.41) is 20.5. The third-order valence-electron chi connectivity index (χ3n) is 5.36. The Labute approximate surface area is 155 Å². The molecule has 1 fully saturated rings. The van der Waals surface area contributed by atoms with Crippen molar-refractivity contribution in [1.82, 2.24) is 9.80 Å². The molecule has 1 saturated carbocycles. The van der Waals surface area contributed by atoms with E-state index in [1.165, 1.54) is 18.0 Å². The predicted octanol–water partition coefficient (Wildman–Crippen LogP) is 1.88. The summed E-state index contributed by atoms with van der Waals surface area (Å²) >= 11 is 0. The monoisotopic (exact) mass is 370 g/mol. The van der Waals surface area contributed by atoms with E-state index in [0.717, 1.165) is 36.3 Å². The lowest BCUT2D eigenvalue weighted by Crippen LogP contribution is -2.53. The average Bonchev–Trinajstić information content (AvgIpc) is 2.92. The number of carbonyl (C=O) groups excluding carboxylic acids is 3. The molecule has 3 amide bonds. The SMILES string of the molecule is CN(C(=O)CN1C(=O)c2ccc([N+](=O)[O-])cc2C1=O)C1(C#N)CCCCC1. The topological polar surface area (TPSA) is 125 Å². The van der Waals surface area contributed by atoms with Gasteiger partial charge in [-0.1, -0.05) is 19.3 Å². The van der Waals surface area contributed by atoms with Crippen LogP contribution in [0.1, 0.15) is 52.8 Å². The Bertz CT molecular complexity index is 882. The fourth-order valence-corrected chi connectivity index (χ4v) is 3.67. The normalized spacial score (nSPS) is 18.0. The summed E-state index contributed by atoms with van der Waals surface area (Å²) in [6.45, 7) is -0.500. The van der Waals surface area contributed by atoms with E-state index in [2.05, 4.69) is 6.07 Å². The van der Waals surface area contributed by atoms with Crippen molar-refractivity contribution < 1.29 is 19.3 Å². The summed E-state index contributed by atoms with van der Waals surface area (Å²) in [4.78, 5) is 50.0. The average molecular weight is 370 g/mol. The van der Waals surface area contributed by atoms with Gasteiger partial charge in [0.1, 0.15) is 12.1 Å². The van der Waals surface area contributed by atoms with Gasteiger partial charge >= 0.3 is 0 Å². The van der Waals surface area contributed by atoms with Crippen molar-refractivity contribution in [2.75, 3.05) is 13.6 Å². The van der Waals surface area contributed by atoms with Crippen molar-refractivity contribution in [3.63, 3.8) is 0 Å². The van der Waals surface area contributed by atoms with Crippen LogP contribution in [0.4, 0.5) is 5.69 Å². The van der Waals surface area contributed by atoms with E-state index in [4.69, 9.17) is 0 Å². The first-order valence-electron chi connectivity index (χ1n) is 8.63. The van der Waals surface area contributed by atoms with Gasteiger partial charge < -0.3 is 4.90 Å². The molecule has 0 N–H and O–H groups in total. The fraction of sp³-hybridized carbons (Fsp3) is 0.444. The Morgan fingerprint density at radius 1 is 1.26 bits per heavy atom. The first kappa shape index (κ1) is 18.5. The van der Waals surface area contributed by atoms with Gasteiger partial charge in [0.05, 0.1) is 22.1 Å². The van der Waals surface area contributed by atoms with E-state index in [1.54, 1.807) is 0 Å². The molecule has 2 aliphatic rings. The summed E-state index contributed by atoms with van der Waals surface area (Å²) in [5.74, 6) is -1.92. The van der Waals surface area contributed by atoms with Gasteiger partial charge in [-0.2, -0.15) is 5.26 Å². The van der Waals surface area contributed by atoms with E-state index in [-0.39, 0.29) is 16.8 Å². The van der Waals surface area contributed by atoms with Crippen LogP contribution in [0.3, 0.4) is 0 Å². The van der Waals surface area contributed by atoms with Crippen LogP contribution in [0, 0.1) is 21.4 Å². The minimum Gasteiger partial charge on any atom is -0.325 e. The van der Waals surface area contributed by atoms with Gasteiger partial charge in [0.2, 0.25) is 5.91 Å². The van der Waals surface area contributed by atoms with E-state index in [1.807, 2.05) is 0 Å². The number of hydrogen-bond acceptors (Lipinski definition) is 6. The highest BCUT2D eigenvalue weighted by Gasteiger charge is 2.42. The molecule has 140 valence electrons. The van der Waals surface area contributed by atoms with E-state index in [0.29, 0.717) is 12.8 Å². The van der Waals surface area contributed by atoms with Gasteiger partial charge in [0.15, 0.2) is 0 Å². The number of amides is 3. The number of nitriles is 1. The summed E-state index contributed by atoms with van der Waals surface area (Å²) < 4.78 is 0. The van der Waals surface area contributed by atoms with Crippen molar-refractivity contribution in [2.45, 2.75) is 37.6 Å². The molecule has 1 aliphatic carbocycles. The first-order chi connectivity index (χ1) is 12.8. The van der Waals surface area contributed by atoms with Crippen LogP contribution >= 0.6 is 0 Å². The molecule has 0 atom stereocenters. The highest BCUT2D eigenvalue weighted by molar-refractivity contribution is 6.22. The van der Waals surface area contributed by atoms with Gasteiger partial charge in [-0.3, -0.25) is 29.4 Å². The first-order valence-corrected chi connectivity index (χ1v) is 8.63. The number of non-ortho nitro benzene ring substituents is 1. The van der Waals surface area contributed by atoms with Crippen LogP contribution in [0.5, 0.6) is 0 Å². The largest absolute Gasteiger partial charge is 0.325 e. The second-order valence-electron chi connectivity index (χ2n) is 6.84. The standard InChI is InChI=1S/C18H18N4O5/c1-20(18(11-19)7-3-2-4-8-18)15(23)10-21-16(24)13-6-5-12(22(26)27)9-14(13)17(21)25/h5-6,9H,2-4,7-8,10H2,1H3. The summed E-state index contributed by atoms with van der Waals surface area (Å²) in [5.41, 5.74) is -1.27. The molecule has 0 spiro atoms. The van der Waals surface area contributed by atoms with Gasteiger partial charge in [-0.25, -0.2) is 0 Å². The Kier molecular flexibility index (Phi) is 4.66. The Hall–Kier alpha value is -3.28. The van der Waals surface area contributed by atoms with Gasteiger partial charge in [-0.15, -0.1) is 0 Å². The van der Waals surface area contributed by atoms with Gasteiger partial charge in [0.25, 0.3) is 17.5 Å². The predicted molar refractivity (Wildman–Crippen MR) is 92.7 cm³/mol. The number of nitrogens with zero attached hydrogens (tertiary/aromatic N) is 4. The van der Waals surface area contributed by atoms with Crippen LogP contribution in [-0.2, 0) is 4.79 Å². The molecule has 9 heteroatoms. The second kappa shape index (κ2) is 6.79. The van der Waals surface area contributed by atoms with E-state index >= 15 is 0 Å². The van der Waals surface area contributed by atoms with E-state index in [9.17, 15) is 29.8 Å². The molecular formula is C18H18N4O5. The Balaban J connectivity index is 1.80. The van der Waals surface area contributed by atoms with Crippen molar-refractivity contribution in [2.24, 2.45) is 0 Å². The molecule has 3 rings (SSSR count). The number of rotatable bonds is 4. The number of benzene rings is 1. The van der Waals surface area contributed by atoms with E-state index < -0.39 is 34.7 Å². The lowest BCUT2D eigenvalue weighted by Gasteiger charge is -2.39. The molecule has 0 bridgehead atoms. The highest BCUT2D eigenvalue weighted by atomic mass is 16.6. The van der Waals surface area contributed by atoms with Crippen LogP contribution in [0.25, 0.3) is 0 Å². The Morgan fingerprint density at radius 3 is 2.48 bits per heavy atom. The van der Waals surface area contributed by atoms with Crippen LogP contribution in [0.15, 0.2) is 18.2 Å². The molecule has 0 saturated heterocycles. The molecule has 1 heterocycles. The fourth-order valence-electron chi connectivity index (χ4n) is 3.67. The zero-order chi connectivity index (χ0) is 19.8. The number of fused-ring (bicyclic) bond motifs is 1. The maximum Gasteiger partial charge on any atom is 0.270 e. The summed E-state index contributed by atoms with van der Waals surface area (Å²) in [6.07, 6.45) is 3.78.